The Hall–Kier alpha value is -1.85. The third kappa shape index (κ3) is 6.36. The lowest BCUT2D eigenvalue weighted by molar-refractivity contribution is -0.135. The molecule has 0 heterocycles. The fraction of sp³-hybridized carbons (Fsp3) is 0.400. The van der Waals surface area contributed by atoms with Crippen molar-refractivity contribution in [2.24, 2.45) is 0 Å². The van der Waals surface area contributed by atoms with E-state index in [1.54, 1.807) is 4.90 Å². The number of aliphatic hydroxyl groups is 1. The third-order valence-electron chi connectivity index (χ3n) is 2.54. The van der Waals surface area contributed by atoms with Crippen molar-refractivity contribution in [3.8, 4) is 0 Å². The van der Waals surface area contributed by atoms with Crippen LogP contribution in [0.1, 0.15) is 6.92 Å². The van der Waals surface area contributed by atoms with Crippen LogP contribution in [-0.4, -0.2) is 48.6 Å². The molecule has 20 heavy (non-hydrogen) atoms. The molecule has 1 unspecified atom stereocenters. The smallest absolute Gasteiger partial charge is 0.323 e. The van der Waals surface area contributed by atoms with Crippen LogP contribution in [0, 0.1) is 0 Å². The first-order valence-corrected chi connectivity index (χ1v) is 6.41. The van der Waals surface area contributed by atoms with E-state index in [1.807, 2.05) is 37.3 Å². The van der Waals surface area contributed by atoms with Crippen LogP contribution in [0.5, 0.6) is 0 Å². The maximum absolute atomic E-state index is 10.9. The van der Waals surface area contributed by atoms with Gasteiger partial charge in [-0.05, 0) is 19.1 Å². The van der Waals surface area contributed by atoms with Crippen molar-refractivity contribution >= 4 is 11.7 Å². The Balaban J connectivity index is 2.56. The van der Waals surface area contributed by atoms with Gasteiger partial charge in [-0.1, -0.05) is 30.4 Å². The van der Waals surface area contributed by atoms with E-state index in [-0.39, 0.29) is 19.7 Å². The molecule has 0 spiro atoms. The molecule has 0 aromatic heterocycles. The topological polar surface area (TPSA) is 70.0 Å². The average molecular weight is 279 g/mol. The Morgan fingerprint density at radius 3 is 2.60 bits per heavy atom. The second-order valence-corrected chi connectivity index (χ2v) is 4.74. The van der Waals surface area contributed by atoms with E-state index in [9.17, 15) is 9.90 Å². The van der Waals surface area contributed by atoms with Gasteiger partial charge in [0.05, 0.1) is 19.3 Å². The minimum Gasteiger partial charge on any atom is -0.480 e. The molecule has 1 atom stereocenters. The summed E-state index contributed by atoms with van der Waals surface area (Å²) in [4.78, 5) is 12.5. The highest BCUT2D eigenvalue weighted by atomic mass is 16.5. The molecule has 110 valence electrons. The van der Waals surface area contributed by atoms with Gasteiger partial charge in [-0.2, -0.15) is 0 Å². The summed E-state index contributed by atoms with van der Waals surface area (Å²) in [6.45, 7) is 6.12. The maximum atomic E-state index is 10.9. The fourth-order valence-electron chi connectivity index (χ4n) is 1.74. The number of carboxylic acid groups (broad SMARTS) is 1. The largest absolute Gasteiger partial charge is 0.480 e. The van der Waals surface area contributed by atoms with Gasteiger partial charge in [-0.15, -0.1) is 0 Å². The van der Waals surface area contributed by atoms with Crippen molar-refractivity contribution in [3.05, 3.63) is 42.5 Å². The summed E-state index contributed by atoms with van der Waals surface area (Å²) >= 11 is 0. The van der Waals surface area contributed by atoms with E-state index < -0.39 is 12.1 Å². The first-order valence-electron chi connectivity index (χ1n) is 6.41. The number of aliphatic carboxylic acids is 1. The minimum absolute atomic E-state index is 0.149. The van der Waals surface area contributed by atoms with Gasteiger partial charge < -0.3 is 19.8 Å². The van der Waals surface area contributed by atoms with Crippen molar-refractivity contribution < 1.29 is 19.7 Å². The summed E-state index contributed by atoms with van der Waals surface area (Å²) in [5.74, 6) is -0.941. The number of ether oxygens (including phenoxy) is 1. The summed E-state index contributed by atoms with van der Waals surface area (Å²) in [5, 5.41) is 18.9. The zero-order chi connectivity index (χ0) is 15.0. The number of aliphatic hydroxyl groups excluding tert-OH is 1. The average Bonchev–Trinajstić information content (AvgIpc) is 2.38. The molecule has 0 aliphatic carbocycles. The van der Waals surface area contributed by atoms with Gasteiger partial charge in [0.15, 0.2) is 0 Å². The van der Waals surface area contributed by atoms with E-state index in [1.165, 1.54) is 0 Å². The molecule has 0 radical (unpaired) electrons. The lowest BCUT2D eigenvalue weighted by Crippen LogP contribution is -2.38. The number of para-hydroxylation sites is 1. The summed E-state index contributed by atoms with van der Waals surface area (Å²) in [5.41, 5.74) is 1.64. The molecule has 5 nitrogen and oxygen atoms in total. The second kappa shape index (κ2) is 8.35. The van der Waals surface area contributed by atoms with Crippen molar-refractivity contribution in [1.82, 2.24) is 0 Å². The number of hydrogen-bond acceptors (Lipinski definition) is 4. The summed E-state index contributed by atoms with van der Waals surface area (Å²) in [7, 11) is 0. The van der Waals surface area contributed by atoms with E-state index in [2.05, 4.69) is 6.58 Å². The van der Waals surface area contributed by atoms with Crippen LogP contribution >= 0.6 is 0 Å². The first kappa shape index (κ1) is 16.2. The number of anilines is 1. The quantitative estimate of drug-likeness (QED) is 0.671. The van der Waals surface area contributed by atoms with Crippen molar-refractivity contribution in [3.63, 3.8) is 0 Å². The van der Waals surface area contributed by atoms with E-state index in [0.717, 1.165) is 11.3 Å². The molecular weight excluding hydrogens is 258 g/mol. The van der Waals surface area contributed by atoms with E-state index in [0.29, 0.717) is 6.61 Å². The molecule has 0 saturated heterocycles. The summed E-state index contributed by atoms with van der Waals surface area (Å²) in [6, 6.07) is 9.13. The molecule has 0 saturated carbocycles. The third-order valence-corrected chi connectivity index (χ3v) is 2.54. The van der Waals surface area contributed by atoms with Gasteiger partial charge in [0, 0.05) is 12.2 Å². The number of rotatable bonds is 9. The van der Waals surface area contributed by atoms with Gasteiger partial charge in [0.25, 0.3) is 0 Å². The number of hydrogen-bond donors (Lipinski definition) is 2. The van der Waals surface area contributed by atoms with Crippen molar-refractivity contribution in [2.45, 2.75) is 13.0 Å². The SMILES string of the molecule is C=C(C)COCC(O)CN(CC(=O)O)c1ccccc1. The number of benzene rings is 1. The summed E-state index contributed by atoms with van der Waals surface area (Å²) < 4.78 is 5.27. The van der Waals surface area contributed by atoms with Gasteiger partial charge in [-0.3, -0.25) is 4.79 Å². The predicted molar refractivity (Wildman–Crippen MR) is 77.9 cm³/mol. The lowest BCUT2D eigenvalue weighted by atomic mass is 10.2. The zero-order valence-electron chi connectivity index (χ0n) is 11.7. The van der Waals surface area contributed by atoms with Gasteiger partial charge in [0.2, 0.25) is 0 Å². The number of nitrogens with zero attached hydrogens (tertiary/aromatic N) is 1. The Morgan fingerprint density at radius 2 is 2.05 bits per heavy atom. The Labute approximate surface area is 119 Å². The second-order valence-electron chi connectivity index (χ2n) is 4.74. The lowest BCUT2D eigenvalue weighted by Gasteiger charge is -2.25. The van der Waals surface area contributed by atoms with Crippen LogP contribution in [0.4, 0.5) is 5.69 Å². The molecule has 1 aromatic carbocycles. The van der Waals surface area contributed by atoms with E-state index in [4.69, 9.17) is 9.84 Å². The summed E-state index contributed by atoms with van der Waals surface area (Å²) in [6.07, 6.45) is -0.756. The minimum atomic E-state index is -0.941. The highest BCUT2D eigenvalue weighted by Gasteiger charge is 2.15. The van der Waals surface area contributed by atoms with Crippen LogP contribution in [0.3, 0.4) is 0 Å². The fourth-order valence-corrected chi connectivity index (χ4v) is 1.74. The first-order chi connectivity index (χ1) is 9.49. The van der Waals surface area contributed by atoms with Crippen molar-refractivity contribution in [2.75, 3.05) is 31.2 Å². The van der Waals surface area contributed by atoms with Gasteiger partial charge in [0.1, 0.15) is 6.54 Å². The molecule has 0 aliphatic heterocycles. The molecule has 0 fully saturated rings. The molecule has 0 amide bonds. The molecule has 1 rings (SSSR count). The molecule has 0 bridgehead atoms. The normalized spacial score (nSPS) is 11.9. The van der Waals surface area contributed by atoms with E-state index >= 15 is 0 Å². The van der Waals surface area contributed by atoms with Crippen LogP contribution in [0.2, 0.25) is 0 Å². The molecule has 0 aliphatic rings. The standard InChI is InChI=1S/C15H21NO4/c1-12(2)10-20-11-14(17)8-16(9-15(18)19)13-6-4-3-5-7-13/h3-7,14,17H,1,8-11H2,2H3,(H,18,19). The predicted octanol–water partition coefficient (Wildman–Crippen LogP) is 1.53. The number of carboxylic acids is 1. The Kier molecular flexibility index (Phi) is 6.76. The van der Waals surface area contributed by atoms with Gasteiger partial charge in [-0.25, -0.2) is 0 Å². The van der Waals surface area contributed by atoms with Crippen LogP contribution in [0.15, 0.2) is 42.5 Å². The highest BCUT2D eigenvalue weighted by Crippen LogP contribution is 2.13. The zero-order valence-corrected chi connectivity index (χ0v) is 11.7. The molecule has 5 heteroatoms. The van der Waals surface area contributed by atoms with Gasteiger partial charge >= 0.3 is 5.97 Å². The van der Waals surface area contributed by atoms with Crippen LogP contribution < -0.4 is 4.90 Å². The monoisotopic (exact) mass is 279 g/mol. The molecule has 2 N–H and O–H groups in total. The number of carbonyl (C=O) groups is 1. The van der Waals surface area contributed by atoms with Crippen molar-refractivity contribution in [1.29, 1.82) is 0 Å². The van der Waals surface area contributed by atoms with Crippen LogP contribution in [-0.2, 0) is 9.53 Å². The van der Waals surface area contributed by atoms with Crippen LogP contribution in [0.25, 0.3) is 0 Å². The molecular formula is C15H21NO4. The Morgan fingerprint density at radius 1 is 1.40 bits per heavy atom. The highest BCUT2D eigenvalue weighted by molar-refractivity contribution is 5.73. The molecule has 1 aromatic rings. The Bertz CT molecular complexity index is 433. The maximum Gasteiger partial charge on any atom is 0.323 e.